The lowest BCUT2D eigenvalue weighted by molar-refractivity contribution is -0.181. The Morgan fingerprint density at radius 1 is 1.17 bits per heavy atom. The van der Waals surface area contributed by atoms with E-state index in [2.05, 4.69) is 15.6 Å². The normalized spacial score (nSPS) is 16.8. The zero-order chi connectivity index (χ0) is 20.7. The van der Waals surface area contributed by atoms with Crippen LogP contribution in [0.5, 0.6) is 0 Å². The molecule has 0 saturated carbocycles. The standard InChI is InChI=1S/C19H28F3N5O.HI/c1-14(19(20,21)22)26-10-12-27(13-11-26)18(23-3)24-9-8-16-4-6-17(7-5-16)25-15(2)28;/h4-7,14H,8-13H2,1-3H3,(H,23,24)(H,25,28);1H. The molecule has 1 heterocycles. The van der Waals surface area contributed by atoms with Gasteiger partial charge in [0.1, 0.15) is 6.04 Å². The molecular formula is C19H29F3IN5O. The molecule has 1 saturated heterocycles. The Hall–Kier alpha value is -1.56. The van der Waals surface area contributed by atoms with Crippen LogP contribution in [0, 0.1) is 0 Å². The SMILES string of the molecule is CN=C(NCCc1ccc(NC(C)=O)cc1)N1CCN(C(C)C(F)(F)F)CC1.I. The lowest BCUT2D eigenvalue weighted by Crippen LogP contribution is -2.56. The van der Waals surface area contributed by atoms with E-state index in [9.17, 15) is 18.0 Å². The smallest absolute Gasteiger partial charge is 0.356 e. The number of alkyl halides is 3. The summed E-state index contributed by atoms with van der Waals surface area (Å²) in [4.78, 5) is 18.7. The van der Waals surface area contributed by atoms with Crippen molar-refractivity contribution in [3.05, 3.63) is 29.8 Å². The minimum absolute atomic E-state index is 0. The predicted octanol–water partition coefficient (Wildman–Crippen LogP) is 2.95. The lowest BCUT2D eigenvalue weighted by Gasteiger charge is -2.39. The first-order chi connectivity index (χ1) is 13.2. The molecule has 6 nitrogen and oxygen atoms in total. The van der Waals surface area contributed by atoms with Gasteiger partial charge < -0.3 is 15.5 Å². The number of carbonyl (C=O) groups is 1. The molecule has 1 amide bonds. The van der Waals surface area contributed by atoms with Gasteiger partial charge >= 0.3 is 6.18 Å². The quantitative estimate of drug-likeness (QED) is 0.352. The van der Waals surface area contributed by atoms with Crippen LogP contribution in [-0.4, -0.2) is 73.7 Å². The van der Waals surface area contributed by atoms with E-state index in [1.54, 1.807) is 7.05 Å². The number of hydrogen-bond acceptors (Lipinski definition) is 3. The van der Waals surface area contributed by atoms with Crippen LogP contribution in [0.1, 0.15) is 19.4 Å². The van der Waals surface area contributed by atoms with E-state index in [-0.39, 0.29) is 29.9 Å². The van der Waals surface area contributed by atoms with Crippen molar-refractivity contribution < 1.29 is 18.0 Å². The Balaban J connectivity index is 0.00000420. The van der Waals surface area contributed by atoms with E-state index in [0.29, 0.717) is 38.7 Å². The van der Waals surface area contributed by atoms with Crippen molar-refractivity contribution >= 4 is 41.5 Å². The van der Waals surface area contributed by atoms with Crippen molar-refractivity contribution in [2.45, 2.75) is 32.5 Å². The zero-order valence-electron chi connectivity index (χ0n) is 16.9. The lowest BCUT2D eigenvalue weighted by atomic mass is 10.1. The molecule has 10 heteroatoms. The second-order valence-corrected chi connectivity index (χ2v) is 6.84. The van der Waals surface area contributed by atoms with Gasteiger partial charge in [0, 0.05) is 52.4 Å². The fraction of sp³-hybridized carbons (Fsp3) is 0.579. The molecule has 1 unspecified atom stereocenters. The predicted molar refractivity (Wildman–Crippen MR) is 120 cm³/mol. The highest BCUT2D eigenvalue weighted by Gasteiger charge is 2.41. The van der Waals surface area contributed by atoms with Crippen LogP contribution in [0.2, 0.25) is 0 Å². The van der Waals surface area contributed by atoms with E-state index in [1.165, 1.54) is 18.7 Å². The van der Waals surface area contributed by atoms with E-state index in [1.807, 2.05) is 29.2 Å². The number of anilines is 1. The van der Waals surface area contributed by atoms with Crippen molar-refractivity contribution in [2.24, 2.45) is 4.99 Å². The molecule has 164 valence electrons. The molecule has 2 rings (SSSR count). The van der Waals surface area contributed by atoms with Crippen molar-refractivity contribution in [3.63, 3.8) is 0 Å². The largest absolute Gasteiger partial charge is 0.403 e. The van der Waals surface area contributed by atoms with Gasteiger partial charge in [0.2, 0.25) is 5.91 Å². The Bertz CT molecular complexity index is 673. The molecule has 1 aliphatic rings. The Labute approximate surface area is 186 Å². The number of nitrogens with zero attached hydrogens (tertiary/aromatic N) is 3. The second-order valence-electron chi connectivity index (χ2n) is 6.84. The maximum atomic E-state index is 12.9. The Kier molecular flexibility index (Phi) is 10.2. The van der Waals surface area contributed by atoms with Gasteiger partial charge in [-0.15, -0.1) is 24.0 Å². The van der Waals surface area contributed by atoms with Gasteiger partial charge in [-0.2, -0.15) is 13.2 Å². The van der Waals surface area contributed by atoms with Crippen LogP contribution in [0.4, 0.5) is 18.9 Å². The van der Waals surface area contributed by atoms with Crippen LogP contribution in [0.3, 0.4) is 0 Å². The van der Waals surface area contributed by atoms with Gasteiger partial charge in [0.05, 0.1) is 0 Å². The molecule has 0 aliphatic carbocycles. The van der Waals surface area contributed by atoms with E-state index >= 15 is 0 Å². The first-order valence-corrected chi connectivity index (χ1v) is 9.33. The number of benzene rings is 1. The van der Waals surface area contributed by atoms with Gasteiger partial charge in [-0.05, 0) is 31.0 Å². The van der Waals surface area contributed by atoms with Crippen molar-refractivity contribution in [3.8, 4) is 0 Å². The third-order valence-corrected chi connectivity index (χ3v) is 4.82. The molecule has 0 radical (unpaired) electrons. The van der Waals surface area contributed by atoms with Crippen molar-refractivity contribution in [2.75, 3.05) is 45.1 Å². The first kappa shape index (κ1) is 25.5. The highest BCUT2D eigenvalue weighted by Crippen LogP contribution is 2.25. The van der Waals surface area contributed by atoms with Gasteiger partial charge in [0.25, 0.3) is 0 Å². The molecule has 29 heavy (non-hydrogen) atoms. The molecule has 1 fully saturated rings. The number of guanidine groups is 1. The summed E-state index contributed by atoms with van der Waals surface area (Å²) in [7, 11) is 1.68. The van der Waals surface area contributed by atoms with Gasteiger partial charge in [-0.25, -0.2) is 0 Å². The number of nitrogens with one attached hydrogen (secondary N) is 2. The number of carbonyl (C=O) groups excluding carboxylic acids is 1. The van der Waals surface area contributed by atoms with E-state index in [4.69, 9.17) is 0 Å². The minimum Gasteiger partial charge on any atom is -0.356 e. The summed E-state index contributed by atoms with van der Waals surface area (Å²) in [5.74, 6) is 0.595. The topological polar surface area (TPSA) is 60.0 Å². The van der Waals surface area contributed by atoms with Crippen LogP contribution in [0.15, 0.2) is 29.3 Å². The first-order valence-electron chi connectivity index (χ1n) is 9.33. The number of rotatable bonds is 5. The highest BCUT2D eigenvalue weighted by atomic mass is 127. The Morgan fingerprint density at radius 2 is 1.76 bits per heavy atom. The monoisotopic (exact) mass is 527 g/mol. The molecule has 1 aromatic carbocycles. The third kappa shape index (κ3) is 8.00. The molecular weight excluding hydrogens is 498 g/mol. The fourth-order valence-electron chi connectivity index (χ4n) is 3.14. The average molecular weight is 527 g/mol. The van der Waals surface area contributed by atoms with Gasteiger partial charge in [-0.3, -0.25) is 14.7 Å². The molecule has 0 bridgehead atoms. The molecule has 1 aliphatic heterocycles. The summed E-state index contributed by atoms with van der Waals surface area (Å²) >= 11 is 0. The number of amides is 1. The summed E-state index contributed by atoms with van der Waals surface area (Å²) in [6.45, 7) is 5.05. The average Bonchev–Trinajstić information content (AvgIpc) is 2.65. The number of aliphatic imine (C=N–C) groups is 1. The summed E-state index contributed by atoms with van der Waals surface area (Å²) in [5, 5.41) is 6.00. The third-order valence-electron chi connectivity index (χ3n) is 4.82. The van der Waals surface area contributed by atoms with Crippen LogP contribution in [0.25, 0.3) is 0 Å². The maximum Gasteiger partial charge on any atom is 0.403 e. The summed E-state index contributed by atoms with van der Waals surface area (Å²) < 4.78 is 38.6. The molecule has 1 atom stereocenters. The van der Waals surface area contributed by atoms with Gasteiger partial charge in [-0.1, -0.05) is 12.1 Å². The van der Waals surface area contributed by atoms with Crippen LogP contribution < -0.4 is 10.6 Å². The molecule has 0 spiro atoms. The molecule has 1 aromatic rings. The van der Waals surface area contributed by atoms with Crippen LogP contribution in [-0.2, 0) is 11.2 Å². The number of piperazine rings is 1. The summed E-state index contributed by atoms with van der Waals surface area (Å²) in [5.41, 5.74) is 1.87. The number of hydrogen-bond donors (Lipinski definition) is 2. The summed E-state index contributed by atoms with van der Waals surface area (Å²) in [6.07, 6.45) is -3.43. The van der Waals surface area contributed by atoms with Crippen LogP contribution >= 0.6 is 24.0 Å². The number of halogens is 4. The molecule has 0 aromatic heterocycles. The zero-order valence-corrected chi connectivity index (χ0v) is 19.3. The van der Waals surface area contributed by atoms with Crippen molar-refractivity contribution in [1.82, 2.24) is 15.1 Å². The fourth-order valence-corrected chi connectivity index (χ4v) is 3.14. The minimum atomic E-state index is -4.20. The van der Waals surface area contributed by atoms with E-state index in [0.717, 1.165) is 17.7 Å². The van der Waals surface area contributed by atoms with Crippen molar-refractivity contribution in [1.29, 1.82) is 0 Å². The van der Waals surface area contributed by atoms with E-state index < -0.39 is 12.2 Å². The second kappa shape index (κ2) is 11.6. The maximum absolute atomic E-state index is 12.9. The Morgan fingerprint density at radius 3 is 2.24 bits per heavy atom. The highest BCUT2D eigenvalue weighted by molar-refractivity contribution is 14.0. The molecule has 2 N–H and O–H groups in total. The summed E-state index contributed by atoms with van der Waals surface area (Å²) in [6, 6.07) is 6.18. The van der Waals surface area contributed by atoms with Gasteiger partial charge in [0.15, 0.2) is 5.96 Å².